The van der Waals surface area contributed by atoms with Gasteiger partial charge in [-0.15, -0.1) is 0 Å². The molecule has 4 rings (SSSR count). The number of halogens is 1. The number of pyridine rings is 2. The first-order valence-corrected chi connectivity index (χ1v) is 9.55. The van der Waals surface area contributed by atoms with E-state index in [0.29, 0.717) is 27.1 Å². The summed E-state index contributed by atoms with van der Waals surface area (Å²) in [6, 6.07) is 13.0. The maximum atomic E-state index is 12.8. The van der Waals surface area contributed by atoms with E-state index >= 15 is 0 Å². The van der Waals surface area contributed by atoms with Crippen LogP contribution in [0.1, 0.15) is 27.5 Å². The van der Waals surface area contributed by atoms with Gasteiger partial charge in [0.25, 0.3) is 11.6 Å². The molecule has 2 heterocycles. The third-order valence-electron chi connectivity index (χ3n) is 4.79. The number of hydrogen-bond acceptors (Lipinski definition) is 6. The molecule has 0 fully saturated rings. The van der Waals surface area contributed by atoms with Crippen LogP contribution in [0.4, 0.5) is 5.69 Å². The van der Waals surface area contributed by atoms with Crippen LogP contribution in [-0.2, 0) is 0 Å². The van der Waals surface area contributed by atoms with E-state index in [1.165, 1.54) is 36.7 Å². The molecule has 0 aliphatic rings. The van der Waals surface area contributed by atoms with Crippen LogP contribution in [-0.4, -0.2) is 25.9 Å². The quantitative estimate of drug-likeness (QED) is 0.354. The third-order valence-corrected chi connectivity index (χ3v) is 5.11. The number of nitro benzene ring substituents is 1. The number of carbonyl (C=O) groups excluding carboxylic acids is 1. The van der Waals surface area contributed by atoms with Crippen molar-refractivity contribution >= 4 is 34.1 Å². The summed E-state index contributed by atoms with van der Waals surface area (Å²) in [7, 11) is 0. The Morgan fingerprint density at radius 1 is 1.13 bits per heavy atom. The van der Waals surface area contributed by atoms with Gasteiger partial charge in [-0.05, 0) is 48.0 Å². The zero-order valence-corrected chi connectivity index (χ0v) is 16.7. The maximum Gasteiger partial charge on any atom is 0.269 e. The lowest BCUT2D eigenvalue weighted by Crippen LogP contribution is -2.29. The van der Waals surface area contributed by atoms with Gasteiger partial charge >= 0.3 is 0 Å². The maximum absolute atomic E-state index is 12.8. The molecule has 8 nitrogen and oxygen atoms in total. The molecular formula is C22H15ClN4O4. The number of benzene rings is 2. The Bertz CT molecular complexity index is 1280. The van der Waals surface area contributed by atoms with Gasteiger partial charge in [-0.1, -0.05) is 11.6 Å². The van der Waals surface area contributed by atoms with Gasteiger partial charge in [0, 0.05) is 41.7 Å². The number of phenols is 1. The Morgan fingerprint density at radius 2 is 1.87 bits per heavy atom. The van der Waals surface area contributed by atoms with Crippen LogP contribution in [0, 0.1) is 10.1 Å². The van der Waals surface area contributed by atoms with Gasteiger partial charge in [0.2, 0.25) is 0 Å². The number of aromatic hydroxyl groups is 1. The lowest BCUT2D eigenvalue weighted by atomic mass is 9.95. The Balaban J connectivity index is 1.84. The van der Waals surface area contributed by atoms with Crippen molar-refractivity contribution in [2.75, 3.05) is 0 Å². The highest BCUT2D eigenvalue weighted by molar-refractivity contribution is 6.35. The van der Waals surface area contributed by atoms with Crippen LogP contribution in [0.25, 0.3) is 10.9 Å². The molecule has 1 amide bonds. The Hall–Kier alpha value is -4.04. The lowest BCUT2D eigenvalue weighted by Gasteiger charge is -2.22. The summed E-state index contributed by atoms with van der Waals surface area (Å²) >= 11 is 6.42. The van der Waals surface area contributed by atoms with Gasteiger partial charge in [0.15, 0.2) is 0 Å². The van der Waals surface area contributed by atoms with Gasteiger partial charge in [0.05, 0.1) is 21.6 Å². The summed E-state index contributed by atoms with van der Waals surface area (Å²) in [5, 5.41) is 25.7. The van der Waals surface area contributed by atoms with Gasteiger partial charge in [-0.3, -0.25) is 24.9 Å². The molecule has 154 valence electrons. The summed E-state index contributed by atoms with van der Waals surface area (Å²) in [4.78, 5) is 31.5. The molecule has 4 aromatic rings. The first-order chi connectivity index (χ1) is 15.0. The fourth-order valence-electron chi connectivity index (χ4n) is 3.27. The highest BCUT2D eigenvalue weighted by atomic mass is 35.5. The second-order valence-corrected chi connectivity index (χ2v) is 7.10. The molecule has 9 heteroatoms. The fourth-order valence-corrected chi connectivity index (χ4v) is 3.54. The molecule has 2 aromatic heterocycles. The van der Waals surface area contributed by atoms with Crippen molar-refractivity contribution in [2.24, 2.45) is 0 Å². The molecular weight excluding hydrogens is 420 g/mol. The molecule has 0 radical (unpaired) electrons. The van der Waals surface area contributed by atoms with Gasteiger partial charge in [-0.2, -0.15) is 0 Å². The Kier molecular flexibility index (Phi) is 5.46. The second kappa shape index (κ2) is 8.37. The fraction of sp³-hybridized carbons (Fsp3) is 0.0455. The molecule has 0 unspecified atom stereocenters. The SMILES string of the molecule is O=C(N[C@@H](c1ccc([N+](=O)[O-])cc1)c1cc(Cl)c2cccnc2c1O)c1cccnc1. The van der Waals surface area contributed by atoms with Crippen molar-refractivity contribution < 1.29 is 14.8 Å². The second-order valence-electron chi connectivity index (χ2n) is 6.69. The first-order valence-electron chi connectivity index (χ1n) is 9.17. The minimum Gasteiger partial charge on any atom is -0.505 e. The van der Waals surface area contributed by atoms with Crippen molar-refractivity contribution in [1.29, 1.82) is 0 Å². The molecule has 0 spiro atoms. The Morgan fingerprint density at radius 3 is 2.55 bits per heavy atom. The van der Waals surface area contributed by atoms with Crippen LogP contribution in [0.5, 0.6) is 5.75 Å². The summed E-state index contributed by atoms with van der Waals surface area (Å²) in [5.74, 6) is -0.581. The van der Waals surface area contributed by atoms with E-state index in [1.54, 1.807) is 36.5 Å². The topological polar surface area (TPSA) is 118 Å². The van der Waals surface area contributed by atoms with Crippen molar-refractivity contribution in [2.45, 2.75) is 6.04 Å². The molecule has 31 heavy (non-hydrogen) atoms. The number of non-ortho nitro benzene ring substituents is 1. The van der Waals surface area contributed by atoms with Gasteiger partial charge in [-0.25, -0.2) is 0 Å². The highest BCUT2D eigenvalue weighted by Gasteiger charge is 2.24. The molecule has 1 atom stereocenters. The van der Waals surface area contributed by atoms with Crippen molar-refractivity contribution in [3.63, 3.8) is 0 Å². The molecule has 0 saturated carbocycles. The van der Waals surface area contributed by atoms with Crippen LogP contribution in [0.2, 0.25) is 5.02 Å². The number of amides is 1. The van der Waals surface area contributed by atoms with Crippen molar-refractivity contribution in [3.8, 4) is 5.75 Å². The van der Waals surface area contributed by atoms with Crippen molar-refractivity contribution in [3.05, 3.63) is 105 Å². The van der Waals surface area contributed by atoms with Crippen LogP contribution in [0.15, 0.2) is 73.2 Å². The smallest absolute Gasteiger partial charge is 0.269 e. The first kappa shape index (κ1) is 20.2. The number of carbonyl (C=O) groups is 1. The molecule has 0 bridgehead atoms. The van der Waals surface area contributed by atoms with Gasteiger partial charge in [0.1, 0.15) is 11.3 Å². The third kappa shape index (κ3) is 4.01. The predicted molar refractivity (Wildman–Crippen MR) is 115 cm³/mol. The van der Waals surface area contributed by atoms with Crippen molar-refractivity contribution in [1.82, 2.24) is 15.3 Å². The van der Waals surface area contributed by atoms with Crippen LogP contribution in [0.3, 0.4) is 0 Å². The van der Waals surface area contributed by atoms with E-state index in [-0.39, 0.29) is 17.0 Å². The molecule has 2 N–H and O–H groups in total. The summed E-state index contributed by atoms with van der Waals surface area (Å²) < 4.78 is 0. The summed E-state index contributed by atoms with van der Waals surface area (Å²) in [6.45, 7) is 0. The van der Waals surface area contributed by atoms with Crippen LogP contribution >= 0.6 is 11.6 Å². The number of rotatable bonds is 5. The average Bonchev–Trinajstić information content (AvgIpc) is 2.80. The van der Waals surface area contributed by atoms with Crippen LogP contribution < -0.4 is 5.32 Å². The van der Waals surface area contributed by atoms with E-state index in [9.17, 15) is 20.0 Å². The van der Waals surface area contributed by atoms with Gasteiger partial charge < -0.3 is 10.4 Å². The number of aromatic nitrogens is 2. The van der Waals surface area contributed by atoms with E-state index in [2.05, 4.69) is 15.3 Å². The number of phenolic OH excluding ortho intramolecular Hbond substituents is 1. The molecule has 0 aliphatic carbocycles. The van der Waals surface area contributed by atoms with E-state index in [1.807, 2.05) is 0 Å². The predicted octanol–water partition coefficient (Wildman–Crippen LogP) is 4.42. The van der Waals surface area contributed by atoms with E-state index in [4.69, 9.17) is 11.6 Å². The Labute approximate surface area is 181 Å². The lowest BCUT2D eigenvalue weighted by molar-refractivity contribution is -0.384. The number of nitrogens with zero attached hydrogens (tertiary/aromatic N) is 3. The summed E-state index contributed by atoms with van der Waals surface area (Å²) in [5.41, 5.74) is 1.33. The zero-order valence-electron chi connectivity index (χ0n) is 15.9. The minimum atomic E-state index is -0.850. The minimum absolute atomic E-state index is 0.0940. The average molecular weight is 435 g/mol. The number of nitro groups is 1. The number of fused-ring (bicyclic) bond motifs is 1. The normalized spacial score (nSPS) is 11.8. The highest BCUT2D eigenvalue weighted by Crippen LogP contribution is 2.38. The molecule has 0 saturated heterocycles. The molecule has 2 aromatic carbocycles. The van der Waals surface area contributed by atoms with E-state index in [0.717, 1.165) is 0 Å². The number of nitrogens with one attached hydrogen (secondary N) is 1. The van der Waals surface area contributed by atoms with E-state index < -0.39 is 16.9 Å². The standard InChI is InChI=1S/C22H15ClN4O4/c23-18-11-17(21(28)20-16(18)4-2-10-25-20)19(13-5-7-15(8-6-13)27(30)31)26-22(29)14-3-1-9-24-12-14/h1-12,19,28H,(H,26,29)/t19-/m0/s1. The monoisotopic (exact) mass is 434 g/mol. The molecule has 0 aliphatic heterocycles. The summed E-state index contributed by atoms with van der Waals surface area (Å²) in [6.07, 6.45) is 4.49. The number of hydrogen-bond donors (Lipinski definition) is 2. The zero-order chi connectivity index (χ0) is 22.0. The largest absolute Gasteiger partial charge is 0.505 e.